The minimum atomic E-state index is -0.0402. The molecule has 2 atom stereocenters. The number of rotatable bonds is 6. The van der Waals surface area contributed by atoms with Crippen molar-refractivity contribution in [3.8, 4) is 0 Å². The molecule has 0 radical (unpaired) electrons. The molecule has 0 spiro atoms. The fourth-order valence-corrected chi connectivity index (χ4v) is 5.16. The Kier molecular flexibility index (Phi) is 8.01. The highest BCUT2D eigenvalue weighted by molar-refractivity contribution is 5.85. The van der Waals surface area contributed by atoms with Crippen molar-refractivity contribution in [1.82, 2.24) is 10.6 Å². The number of amides is 2. The minimum absolute atomic E-state index is 0. The number of hydrogen-bond acceptors (Lipinski definition) is 3. The van der Waals surface area contributed by atoms with Crippen LogP contribution in [-0.2, 0) is 9.59 Å². The highest BCUT2D eigenvalue weighted by atomic mass is 35.5. The van der Waals surface area contributed by atoms with Gasteiger partial charge in [0.1, 0.15) is 0 Å². The van der Waals surface area contributed by atoms with Crippen LogP contribution in [0.2, 0.25) is 0 Å². The molecule has 144 valence electrons. The van der Waals surface area contributed by atoms with Crippen LogP contribution in [0.1, 0.15) is 70.6 Å². The molecule has 3 aliphatic rings. The van der Waals surface area contributed by atoms with Gasteiger partial charge >= 0.3 is 0 Å². The number of carbonyl (C=O) groups is 2. The zero-order valence-corrected chi connectivity index (χ0v) is 16.0. The SMILES string of the molecule is Cl.NC1CC2CCCC(C1)C2NC(=O)CNC(=O)CCC1CCCC1. The van der Waals surface area contributed by atoms with E-state index < -0.39 is 0 Å². The first kappa shape index (κ1) is 20.5. The maximum Gasteiger partial charge on any atom is 0.239 e. The van der Waals surface area contributed by atoms with Gasteiger partial charge < -0.3 is 16.4 Å². The molecular formula is C19H34ClN3O2. The second kappa shape index (κ2) is 9.77. The van der Waals surface area contributed by atoms with Crippen molar-refractivity contribution in [2.45, 2.75) is 82.7 Å². The van der Waals surface area contributed by atoms with Crippen LogP contribution < -0.4 is 16.4 Å². The molecule has 3 fully saturated rings. The lowest BCUT2D eigenvalue weighted by Crippen LogP contribution is -2.55. The van der Waals surface area contributed by atoms with Crippen LogP contribution in [-0.4, -0.2) is 30.4 Å². The Bertz CT molecular complexity index is 440. The third-order valence-electron chi connectivity index (χ3n) is 6.40. The van der Waals surface area contributed by atoms with E-state index in [0.717, 1.165) is 25.2 Å². The van der Waals surface area contributed by atoms with Gasteiger partial charge in [0.15, 0.2) is 0 Å². The van der Waals surface area contributed by atoms with Gasteiger partial charge in [-0.25, -0.2) is 0 Å². The molecule has 25 heavy (non-hydrogen) atoms. The Labute approximate surface area is 157 Å². The van der Waals surface area contributed by atoms with Crippen LogP contribution >= 0.6 is 12.4 Å². The highest BCUT2D eigenvalue weighted by Crippen LogP contribution is 2.39. The van der Waals surface area contributed by atoms with E-state index in [1.54, 1.807) is 0 Å². The van der Waals surface area contributed by atoms with Gasteiger partial charge in [0.05, 0.1) is 6.54 Å². The number of nitrogens with two attached hydrogens (primary N) is 1. The topological polar surface area (TPSA) is 84.2 Å². The second-order valence-corrected chi connectivity index (χ2v) is 8.24. The fraction of sp³-hybridized carbons (Fsp3) is 0.895. The molecule has 0 aromatic heterocycles. The van der Waals surface area contributed by atoms with Gasteiger partial charge in [0.2, 0.25) is 11.8 Å². The van der Waals surface area contributed by atoms with E-state index in [1.165, 1.54) is 44.9 Å². The van der Waals surface area contributed by atoms with Crippen molar-refractivity contribution >= 4 is 24.2 Å². The fourth-order valence-electron chi connectivity index (χ4n) is 5.16. The van der Waals surface area contributed by atoms with Crippen molar-refractivity contribution in [2.75, 3.05) is 6.54 Å². The molecule has 3 saturated carbocycles. The van der Waals surface area contributed by atoms with Gasteiger partial charge in [-0.3, -0.25) is 9.59 Å². The van der Waals surface area contributed by atoms with Crippen LogP contribution in [0.15, 0.2) is 0 Å². The van der Waals surface area contributed by atoms with E-state index in [2.05, 4.69) is 10.6 Å². The van der Waals surface area contributed by atoms with Crippen LogP contribution in [0.3, 0.4) is 0 Å². The Morgan fingerprint density at radius 1 is 0.920 bits per heavy atom. The molecule has 3 rings (SSSR count). The summed E-state index contributed by atoms with van der Waals surface area (Å²) in [6, 6.07) is 0.560. The molecule has 2 unspecified atom stereocenters. The maximum absolute atomic E-state index is 12.2. The average molecular weight is 372 g/mol. The van der Waals surface area contributed by atoms with Crippen molar-refractivity contribution in [3.63, 3.8) is 0 Å². The van der Waals surface area contributed by atoms with E-state index in [-0.39, 0.29) is 36.8 Å². The molecule has 4 N–H and O–H groups in total. The second-order valence-electron chi connectivity index (χ2n) is 8.24. The van der Waals surface area contributed by atoms with E-state index in [0.29, 0.717) is 24.3 Å². The number of hydrogen-bond donors (Lipinski definition) is 3. The Morgan fingerprint density at radius 3 is 2.20 bits per heavy atom. The summed E-state index contributed by atoms with van der Waals surface area (Å²) in [5.41, 5.74) is 6.13. The van der Waals surface area contributed by atoms with Crippen molar-refractivity contribution in [1.29, 1.82) is 0 Å². The number of halogens is 1. The number of fused-ring (bicyclic) bond motifs is 2. The third-order valence-corrected chi connectivity index (χ3v) is 6.40. The summed E-state index contributed by atoms with van der Waals surface area (Å²) >= 11 is 0. The standard InChI is InChI=1S/C19H33N3O2.ClH/c20-16-10-14-6-3-7-15(11-16)19(14)22-18(24)12-21-17(23)9-8-13-4-1-2-5-13;/h13-16,19H,1-12,20H2,(H,21,23)(H,22,24);1H. The first-order valence-corrected chi connectivity index (χ1v) is 9.93. The Hall–Kier alpha value is -0.810. The first-order chi connectivity index (χ1) is 11.6. The predicted octanol–water partition coefficient (Wildman–Crippen LogP) is 2.52. The van der Waals surface area contributed by atoms with Crippen molar-refractivity contribution in [2.24, 2.45) is 23.5 Å². The van der Waals surface area contributed by atoms with E-state index >= 15 is 0 Å². The highest BCUT2D eigenvalue weighted by Gasteiger charge is 2.39. The molecule has 0 saturated heterocycles. The van der Waals surface area contributed by atoms with Gasteiger partial charge in [0.25, 0.3) is 0 Å². The lowest BCUT2D eigenvalue weighted by molar-refractivity contribution is -0.127. The molecule has 2 bridgehead atoms. The van der Waals surface area contributed by atoms with Gasteiger partial charge in [0, 0.05) is 18.5 Å². The molecule has 0 aromatic carbocycles. The summed E-state index contributed by atoms with van der Waals surface area (Å²) in [5.74, 6) is 1.74. The largest absolute Gasteiger partial charge is 0.351 e. The van der Waals surface area contributed by atoms with Crippen LogP contribution in [0.25, 0.3) is 0 Å². The van der Waals surface area contributed by atoms with E-state index in [1.807, 2.05) is 0 Å². The monoisotopic (exact) mass is 371 g/mol. The quantitative estimate of drug-likeness (QED) is 0.670. The summed E-state index contributed by atoms with van der Waals surface area (Å²) < 4.78 is 0. The van der Waals surface area contributed by atoms with Crippen LogP contribution in [0.5, 0.6) is 0 Å². The molecule has 2 amide bonds. The lowest BCUT2D eigenvalue weighted by Gasteiger charge is -2.45. The lowest BCUT2D eigenvalue weighted by atomic mass is 9.67. The first-order valence-electron chi connectivity index (χ1n) is 9.93. The molecule has 3 aliphatic carbocycles. The summed E-state index contributed by atoms with van der Waals surface area (Å²) in [7, 11) is 0. The van der Waals surface area contributed by atoms with E-state index in [4.69, 9.17) is 5.73 Å². The maximum atomic E-state index is 12.2. The van der Waals surface area contributed by atoms with Gasteiger partial charge in [-0.05, 0) is 49.9 Å². The number of nitrogens with one attached hydrogen (secondary N) is 2. The summed E-state index contributed by atoms with van der Waals surface area (Å²) in [4.78, 5) is 24.2. The van der Waals surface area contributed by atoms with Gasteiger partial charge in [-0.2, -0.15) is 0 Å². The minimum Gasteiger partial charge on any atom is -0.351 e. The number of carbonyl (C=O) groups excluding carboxylic acids is 2. The smallest absolute Gasteiger partial charge is 0.239 e. The van der Waals surface area contributed by atoms with Gasteiger partial charge in [-0.1, -0.05) is 32.1 Å². The molecule has 0 heterocycles. The summed E-state index contributed by atoms with van der Waals surface area (Å²) in [6.07, 6.45) is 12.3. The zero-order valence-electron chi connectivity index (χ0n) is 15.2. The molecular weight excluding hydrogens is 338 g/mol. The van der Waals surface area contributed by atoms with E-state index in [9.17, 15) is 9.59 Å². The van der Waals surface area contributed by atoms with Crippen LogP contribution in [0.4, 0.5) is 0 Å². The van der Waals surface area contributed by atoms with Crippen molar-refractivity contribution < 1.29 is 9.59 Å². The molecule has 5 nitrogen and oxygen atoms in total. The molecule has 0 aromatic rings. The predicted molar refractivity (Wildman–Crippen MR) is 101 cm³/mol. The average Bonchev–Trinajstić information content (AvgIpc) is 3.05. The Balaban J connectivity index is 0.00000225. The van der Waals surface area contributed by atoms with Crippen molar-refractivity contribution in [3.05, 3.63) is 0 Å². The molecule has 6 heteroatoms. The summed E-state index contributed by atoms with van der Waals surface area (Å²) in [6.45, 7) is 0.117. The Morgan fingerprint density at radius 2 is 1.56 bits per heavy atom. The summed E-state index contributed by atoms with van der Waals surface area (Å²) in [5, 5.41) is 5.98. The molecule has 0 aliphatic heterocycles. The zero-order chi connectivity index (χ0) is 16.9. The van der Waals surface area contributed by atoms with Gasteiger partial charge in [-0.15, -0.1) is 12.4 Å². The third kappa shape index (κ3) is 5.85. The normalized spacial score (nSPS) is 31.9. The van der Waals surface area contributed by atoms with Crippen LogP contribution in [0, 0.1) is 17.8 Å².